The molecule has 3 rings (SSSR count). The zero-order valence-corrected chi connectivity index (χ0v) is 25.5. The molecule has 1 aromatic heterocycles. The maximum atomic E-state index is 11.4. The van der Waals surface area contributed by atoms with Crippen LogP contribution in [0.3, 0.4) is 0 Å². The fourth-order valence-electron chi connectivity index (χ4n) is 3.90. The normalized spacial score (nSPS) is 13.0. The Morgan fingerprint density at radius 1 is 1.00 bits per heavy atom. The van der Waals surface area contributed by atoms with Gasteiger partial charge in [0.15, 0.2) is 5.78 Å². The first kappa shape index (κ1) is 31.7. The van der Waals surface area contributed by atoms with Crippen LogP contribution in [0.25, 0.3) is 22.0 Å². The zero-order valence-electron chi connectivity index (χ0n) is 23.1. The Labute approximate surface area is 231 Å². The van der Waals surface area contributed by atoms with E-state index in [1.165, 1.54) is 28.0 Å². The van der Waals surface area contributed by atoms with Crippen molar-refractivity contribution in [1.29, 1.82) is 0 Å². The van der Waals surface area contributed by atoms with E-state index in [9.17, 15) is 9.90 Å². The summed E-state index contributed by atoms with van der Waals surface area (Å²) in [4.78, 5) is 16.0. The summed E-state index contributed by atoms with van der Waals surface area (Å²) in [7, 11) is 0. The molecule has 2 atom stereocenters. The van der Waals surface area contributed by atoms with Gasteiger partial charge in [0.2, 0.25) is 0 Å². The number of benzene rings is 2. The van der Waals surface area contributed by atoms with Crippen molar-refractivity contribution < 1.29 is 30.0 Å². The summed E-state index contributed by atoms with van der Waals surface area (Å²) in [5.74, 6) is 1.03. The molecule has 2 unspecified atom stereocenters. The number of nitrogens with zero attached hydrogens (tertiary/aromatic N) is 1. The van der Waals surface area contributed by atoms with Crippen molar-refractivity contribution in [2.45, 2.75) is 74.7 Å². The number of aryl methyl sites for hydroxylation is 2. The summed E-state index contributed by atoms with van der Waals surface area (Å²) in [6, 6.07) is 16.6. The molecule has 0 amide bonds. The fraction of sp³-hybridized carbons (Fsp3) is 0.438. The topological polar surface area (TPSA) is 50.2 Å². The number of carbonyl (C=O) groups is 1. The molecule has 0 fully saturated rings. The van der Waals surface area contributed by atoms with Crippen molar-refractivity contribution in [3.63, 3.8) is 0 Å². The number of aliphatic hydroxyl groups is 1. The van der Waals surface area contributed by atoms with Crippen LogP contribution in [-0.2, 0) is 31.3 Å². The molecule has 1 heterocycles. The van der Waals surface area contributed by atoms with Gasteiger partial charge in [-0.15, -0.1) is 34.9 Å². The number of hydrogen-bond donors (Lipinski definition) is 1. The van der Waals surface area contributed by atoms with Gasteiger partial charge in [0.25, 0.3) is 0 Å². The van der Waals surface area contributed by atoms with Crippen molar-refractivity contribution >= 4 is 16.6 Å². The molecular formula is C32H42IrNO2-. The maximum absolute atomic E-state index is 11.4. The molecule has 0 aliphatic carbocycles. The second-order valence-corrected chi connectivity index (χ2v) is 10.2. The van der Waals surface area contributed by atoms with Crippen molar-refractivity contribution in [3.8, 4) is 11.3 Å². The molecule has 3 nitrogen and oxygen atoms in total. The van der Waals surface area contributed by atoms with Gasteiger partial charge in [-0.3, -0.25) is 4.79 Å². The van der Waals surface area contributed by atoms with Crippen molar-refractivity contribution in [2.75, 3.05) is 0 Å². The fourth-order valence-corrected chi connectivity index (χ4v) is 3.90. The molecule has 1 radical (unpaired) electrons. The van der Waals surface area contributed by atoms with Crippen LogP contribution in [0.2, 0.25) is 0 Å². The van der Waals surface area contributed by atoms with Crippen LogP contribution in [0, 0.1) is 37.7 Å². The van der Waals surface area contributed by atoms with Crippen molar-refractivity contribution in [1.82, 2.24) is 4.98 Å². The van der Waals surface area contributed by atoms with Crippen LogP contribution in [0.4, 0.5) is 0 Å². The molecule has 3 aromatic rings. The third-order valence-electron chi connectivity index (χ3n) is 6.38. The maximum Gasteiger partial charge on any atom is 0.161 e. The standard InChI is InChI=1S/C21H22N.C11H20O2.Ir/c1-14(2)9-17-5-6-20-18(13-17)7-8-22-21(20)19-11-15(3)10-16(4)12-19;1-5-8(3)10(12)7-11(13)9(4)6-2;/h5-8,10-11,13-14H,9H2,1-4H3;7-9,12H,5-6H2,1-4H3;/q-1;;/b;10-7-;. The van der Waals surface area contributed by atoms with E-state index in [-0.39, 0.29) is 43.5 Å². The molecule has 0 aliphatic rings. The Bertz CT molecular complexity index is 1150. The summed E-state index contributed by atoms with van der Waals surface area (Å²) in [6.45, 7) is 16.5. The van der Waals surface area contributed by atoms with Crippen LogP contribution in [-0.4, -0.2) is 15.9 Å². The average Bonchev–Trinajstić information content (AvgIpc) is 2.81. The summed E-state index contributed by atoms with van der Waals surface area (Å²) < 4.78 is 0. The van der Waals surface area contributed by atoms with E-state index in [0.717, 1.165) is 36.1 Å². The van der Waals surface area contributed by atoms with E-state index in [1.54, 1.807) is 0 Å². The number of ketones is 1. The summed E-state index contributed by atoms with van der Waals surface area (Å²) in [5, 5.41) is 11.9. The van der Waals surface area contributed by atoms with Crippen molar-refractivity contribution in [2.24, 2.45) is 17.8 Å². The number of aliphatic hydroxyl groups excluding tert-OH is 1. The summed E-state index contributed by atoms with van der Waals surface area (Å²) >= 11 is 0. The van der Waals surface area contributed by atoms with Gasteiger partial charge in [0.1, 0.15) is 0 Å². The Hall–Kier alpha value is -2.29. The van der Waals surface area contributed by atoms with Gasteiger partial charge in [0.05, 0.1) is 5.76 Å². The Morgan fingerprint density at radius 3 is 2.25 bits per heavy atom. The SMILES string of the molecule is CCC(C)C(=O)/C=C(\O)C(C)CC.Cc1[c-]c(-c2nccc3cc(CC(C)C)ccc23)cc(C)c1.[Ir]. The van der Waals surface area contributed by atoms with Crippen LogP contribution in [0.15, 0.2) is 54.4 Å². The Balaban J connectivity index is 0.000000402. The Morgan fingerprint density at radius 2 is 1.67 bits per heavy atom. The predicted octanol–water partition coefficient (Wildman–Crippen LogP) is 8.60. The van der Waals surface area contributed by atoms with Gasteiger partial charge in [0, 0.05) is 44.2 Å². The molecule has 0 saturated heterocycles. The smallest absolute Gasteiger partial charge is 0.161 e. The number of hydrogen-bond acceptors (Lipinski definition) is 3. The van der Waals surface area contributed by atoms with E-state index >= 15 is 0 Å². The molecular weight excluding hydrogens is 623 g/mol. The number of aromatic nitrogens is 1. The zero-order chi connectivity index (χ0) is 26.1. The molecule has 0 bridgehead atoms. The first-order chi connectivity index (χ1) is 16.5. The van der Waals surface area contributed by atoms with E-state index < -0.39 is 0 Å². The molecule has 0 aliphatic heterocycles. The quantitative estimate of drug-likeness (QED) is 0.149. The molecule has 0 spiro atoms. The van der Waals surface area contributed by atoms with Gasteiger partial charge >= 0.3 is 0 Å². The number of pyridine rings is 1. The van der Waals surface area contributed by atoms with Gasteiger partial charge in [-0.25, -0.2) is 0 Å². The molecule has 1 N–H and O–H groups in total. The number of fused-ring (bicyclic) bond motifs is 1. The van der Waals surface area contributed by atoms with E-state index in [4.69, 9.17) is 0 Å². The van der Waals surface area contributed by atoms with Gasteiger partial charge in [-0.05, 0) is 53.3 Å². The minimum atomic E-state index is 0. The molecule has 4 heteroatoms. The molecule has 0 saturated carbocycles. The third kappa shape index (κ3) is 9.30. The Kier molecular flexibility index (Phi) is 13.3. The first-order valence-electron chi connectivity index (χ1n) is 12.9. The summed E-state index contributed by atoms with van der Waals surface area (Å²) in [5.41, 5.74) is 5.91. The van der Waals surface area contributed by atoms with Gasteiger partial charge in [-0.1, -0.05) is 73.6 Å². The molecule has 36 heavy (non-hydrogen) atoms. The monoisotopic (exact) mass is 665 g/mol. The van der Waals surface area contributed by atoms with E-state index in [0.29, 0.717) is 5.92 Å². The first-order valence-corrected chi connectivity index (χ1v) is 12.9. The molecule has 197 valence electrons. The van der Waals surface area contributed by atoms with E-state index in [1.807, 2.05) is 33.9 Å². The number of rotatable bonds is 8. The summed E-state index contributed by atoms with van der Waals surface area (Å²) in [6.07, 6.45) is 6.08. The molecule has 2 aromatic carbocycles. The largest absolute Gasteiger partial charge is 0.512 e. The van der Waals surface area contributed by atoms with Crippen LogP contribution < -0.4 is 0 Å². The number of allylic oxidation sites excluding steroid dienone is 2. The minimum Gasteiger partial charge on any atom is -0.512 e. The second kappa shape index (κ2) is 15.1. The number of carbonyl (C=O) groups excluding carboxylic acids is 1. The van der Waals surface area contributed by atoms with Crippen LogP contribution >= 0.6 is 0 Å². The third-order valence-corrected chi connectivity index (χ3v) is 6.38. The van der Waals surface area contributed by atoms with Gasteiger partial charge < -0.3 is 10.1 Å². The van der Waals surface area contributed by atoms with Crippen molar-refractivity contribution in [3.05, 3.63) is 77.2 Å². The predicted molar refractivity (Wildman–Crippen MR) is 149 cm³/mol. The van der Waals surface area contributed by atoms with E-state index in [2.05, 4.69) is 75.1 Å². The van der Waals surface area contributed by atoms with Crippen LogP contribution in [0.5, 0.6) is 0 Å². The van der Waals surface area contributed by atoms with Crippen LogP contribution in [0.1, 0.15) is 71.1 Å². The average molecular weight is 665 g/mol. The second-order valence-electron chi connectivity index (χ2n) is 10.2. The van der Waals surface area contributed by atoms with Gasteiger partial charge in [-0.2, -0.15) is 0 Å². The minimum absolute atomic E-state index is 0.